The maximum absolute atomic E-state index is 3.78. The summed E-state index contributed by atoms with van der Waals surface area (Å²) in [6.45, 7) is 7.15. The summed E-state index contributed by atoms with van der Waals surface area (Å²) in [4.78, 5) is 0. The van der Waals surface area contributed by atoms with Crippen LogP contribution < -0.4 is 10.6 Å². The maximum Gasteiger partial charge on any atom is 0.0321 e. The van der Waals surface area contributed by atoms with Crippen molar-refractivity contribution in [2.24, 2.45) is 17.8 Å². The summed E-state index contributed by atoms with van der Waals surface area (Å²) in [5.74, 6) is 2.77. The third-order valence-electron chi connectivity index (χ3n) is 4.57. The average molecular weight is 206 g/mol. The second-order valence-corrected chi connectivity index (χ2v) is 5.65. The first-order valence-electron chi connectivity index (χ1n) is 6.45. The Hall–Kier alpha value is -0.500. The molecule has 2 aliphatic heterocycles. The van der Waals surface area contributed by atoms with Gasteiger partial charge in [-0.2, -0.15) is 0 Å². The van der Waals surface area contributed by atoms with Crippen molar-refractivity contribution < 1.29 is 0 Å². The van der Waals surface area contributed by atoms with E-state index in [1.807, 2.05) is 0 Å². The molecule has 0 aromatic carbocycles. The zero-order chi connectivity index (χ0) is 10.4. The lowest BCUT2D eigenvalue weighted by atomic mass is 9.91. The van der Waals surface area contributed by atoms with Gasteiger partial charge >= 0.3 is 0 Å². The molecule has 0 aromatic heterocycles. The van der Waals surface area contributed by atoms with E-state index in [0.717, 1.165) is 30.3 Å². The number of rotatable bonds is 0. The largest absolute Gasteiger partial charge is 0.385 e. The minimum atomic E-state index is 0.804. The van der Waals surface area contributed by atoms with Gasteiger partial charge < -0.3 is 10.6 Å². The minimum absolute atomic E-state index is 0.804. The van der Waals surface area contributed by atoms with Crippen molar-refractivity contribution in [2.75, 3.05) is 13.1 Å². The molecular formula is C13H22N2. The molecule has 2 saturated heterocycles. The van der Waals surface area contributed by atoms with Crippen LogP contribution >= 0.6 is 0 Å². The molecule has 4 unspecified atom stereocenters. The Morgan fingerprint density at radius 2 is 2.13 bits per heavy atom. The monoisotopic (exact) mass is 206 g/mol. The third-order valence-corrected chi connectivity index (χ3v) is 4.57. The highest BCUT2D eigenvalue weighted by molar-refractivity contribution is 5.24. The molecule has 0 aromatic rings. The highest BCUT2D eigenvalue weighted by atomic mass is 15.0. The van der Waals surface area contributed by atoms with Gasteiger partial charge in [-0.1, -0.05) is 13.8 Å². The summed E-state index contributed by atoms with van der Waals surface area (Å²) in [5.41, 5.74) is 3.24. The minimum Gasteiger partial charge on any atom is -0.385 e. The summed E-state index contributed by atoms with van der Waals surface area (Å²) < 4.78 is 0. The number of piperidine rings is 2. The van der Waals surface area contributed by atoms with E-state index in [-0.39, 0.29) is 0 Å². The van der Waals surface area contributed by atoms with E-state index >= 15 is 0 Å². The van der Waals surface area contributed by atoms with Gasteiger partial charge in [-0.05, 0) is 49.1 Å². The third kappa shape index (κ3) is 1.59. The molecule has 84 valence electrons. The van der Waals surface area contributed by atoms with E-state index in [1.54, 1.807) is 11.3 Å². The molecule has 3 rings (SSSR count). The topological polar surface area (TPSA) is 24.1 Å². The van der Waals surface area contributed by atoms with E-state index < -0.39 is 0 Å². The highest BCUT2D eigenvalue weighted by Gasteiger charge is 2.52. The molecule has 2 heteroatoms. The molecule has 3 aliphatic rings. The quantitative estimate of drug-likeness (QED) is 0.632. The van der Waals surface area contributed by atoms with Crippen molar-refractivity contribution in [3.63, 3.8) is 0 Å². The van der Waals surface area contributed by atoms with Crippen LogP contribution in [0.3, 0.4) is 0 Å². The van der Waals surface area contributed by atoms with Crippen molar-refractivity contribution in [2.45, 2.75) is 39.2 Å². The van der Waals surface area contributed by atoms with E-state index in [4.69, 9.17) is 0 Å². The normalized spacial score (nSPS) is 49.5. The Morgan fingerprint density at radius 3 is 2.80 bits per heavy atom. The smallest absolute Gasteiger partial charge is 0.0321 e. The molecule has 0 spiro atoms. The Bertz CT molecular complexity index is 277. The number of fused-ring (bicyclic) bond motifs is 1. The van der Waals surface area contributed by atoms with Crippen molar-refractivity contribution >= 4 is 0 Å². The highest BCUT2D eigenvalue weighted by Crippen LogP contribution is 2.50. The van der Waals surface area contributed by atoms with E-state index in [1.165, 1.54) is 25.8 Å². The zero-order valence-corrected chi connectivity index (χ0v) is 9.84. The van der Waals surface area contributed by atoms with E-state index in [0.29, 0.717) is 0 Å². The number of hydrogen-bond acceptors (Lipinski definition) is 2. The number of allylic oxidation sites excluding steroid dienone is 1. The summed E-state index contributed by atoms with van der Waals surface area (Å²) >= 11 is 0. The Kier molecular flexibility index (Phi) is 2.27. The molecule has 15 heavy (non-hydrogen) atoms. The van der Waals surface area contributed by atoms with Crippen LogP contribution in [-0.2, 0) is 0 Å². The van der Waals surface area contributed by atoms with Crippen molar-refractivity contribution in [1.82, 2.24) is 10.6 Å². The standard InChI is InChI=1S/C13H22N2/c1-8-6-11(10-4-3-5-14-7-10)15-13-9(2)12(8)13/h8-9,12-15H,3-7H2,1-2H3/b11-10+. The number of nitrogens with one attached hydrogen (secondary N) is 2. The molecule has 4 atom stereocenters. The van der Waals surface area contributed by atoms with Crippen LogP contribution in [0, 0.1) is 17.8 Å². The van der Waals surface area contributed by atoms with Crippen LogP contribution in [0.4, 0.5) is 0 Å². The van der Waals surface area contributed by atoms with Crippen molar-refractivity contribution in [3.8, 4) is 0 Å². The summed E-state index contributed by atoms with van der Waals surface area (Å²) in [5, 5.41) is 7.27. The Balaban J connectivity index is 1.76. The predicted octanol–water partition coefficient (Wildman–Crippen LogP) is 1.89. The molecule has 1 aliphatic carbocycles. The predicted molar refractivity (Wildman–Crippen MR) is 62.5 cm³/mol. The van der Waals surface area contributed by atoms with Crippen LogP contribution in [0.2, 0.25) is 0 Å². The van der Waals surface area contributed by atoms with Gasteiger partial charge in [0, 0.05) is 18.3 Å². The van der Waals surface area contributed by atoms with Gasteiger partial charge in [0.05, 0.1) is 0 Å². The second-order valence-electron chi connectivity index (χ2n) is 5.65. The Morgan fingerprint density at radius 1 is 1.27 bits per heavy atom. The van der Waals surface area contributed by atoms with Gasteiger partial charge in [0.25, 0.3) is 0 Å². The lowest BCUT2D eigenvalue weighted by Crippen LogP contribution is -2.32. The molecule has 0 bridgehead atoms. The molecule has 1 saturated carbocycles. The molecule has 3 fully saturated rings. The molecule has 2 heterocycles. The van der Waals surface area contributed by atoms with Gasteiger partial charge in [0.1, 0.15) is 0 Å². The van der Waals surface area contributed by atoms with Crippen LogP contribution in [0.1, 0.15) is 33.1 Å². The van der Waals surface area contributed by atoms with Crippen LogP contribution in [0.15, 0.2) is 11.3 Å². The average Bonchev–Trinajstić information content (AvgIpc) is 2.92. The van der Waals surface area contributed by atoms with E-state index in [2.05, 4.69) is 24.5 Å². The van der Waals surface area contributed by atoms with E-state index in [9.17, 15) is 0 Å². The van der Waals surface area contributed by atoms with Gasteiger partial charge in [0.2, 0.25) is 0 Å². The summed E-state index contributed by atoms with van der Waals surface area (Å²) in [7, 11) is 0. The fourth-order valence-corrected chi connectivity index (χ4v) is 3.57. The number of hydrogen-bond donors (Lipinski definition) is 2. The first-order chi connectivity index (χ1) is 7.27. The van der Waals surface area contributed by atoms with Crippen molar-refractivity contribution in [1.29, 1.82) is 0 Å². The zero-order valence-electron chi connectivity index (χ0n) is 9.84. The molecular weight excluding hydrogens is 184 g/mol. The lowest BCUT2D eigenvalue weighted by molar-refractivity contribution is 0.412. The lowest BCUT2D eigenvalue weighted by Gasteiger charge is -2.27. The fraction of sp³-hybridized carbons (Fsp3) is 0.846. The van der Waals surface area contributed by atoms with Gasteiger partial charge in [-0.15, -0.1) is 0 Å². The summed E-state index contributed by atoms with van der Waals surface area (Å²) in [6.07, 6.45) is 3.93. The fourth-order valence-electron chi connectivity index (χ4n) is 3.57. The molecule has 2 N–H and O–H groups in total. The van der Waals surface area contributed by atoms with Crippen LogP contribution in [-0.4, -0.2) is 19.1 Å². The first-order valence-corrected chi connectivity index (χ1v) is 6.45. The van der Waals surface area contributed by atoms with Gasteiger partial charge in [-0.25, -0.2) is 0 Å². The first kappa shape index (κ1) is 9.71. The Labute approximate surface area is 92.5 Å². The van der Waals surface area contributed by atoms with Crippen LogP contribution in [0.5, 0.6) is 0 Å². The van der Waals surface area contributed by atoms with Crippen molar-refractivity contribution in [3.05, 3.63) is 11.3 Å². The summed E-state index contributed by atoms with van der Waals surface area (Å²) in [6, 6.07) is 0.804. The second kappa shape index (κ2) is 3.51. The molecule has 2 nitrogen and oxygen atoms in total. The van der Waals surface area contributed by atoms with Crippen LogP contribution in [0.25, 0.3) is 0 Å². The SMILES string of the molecule is CC1C/C(=C2/CCCNC2)NC2C(C)C12. The van der Waals surface area contributed by atoms with Gasteiger partial charge in [0.15, 0.2) is 0 Å². The molecule has 0 amide bonds. The molecule has 0 radical (unpaired) electrons. The van der Waals surface area contributed by atoms with Gasteiger partial charge in [-0.3, -0.25) is 0 Å². The maximum atomic E-state index is 3.78.